The number of fused-ring (bicyclic) bond motifs is 1. The van der Waals surface area contributed by atoms with E-state index in [2.05, 4.69) is 25.7 Å². The highest BCUT2D eigenvalue weighted by Gasteiger charge is 2.19. The van der Waals surface area contributed by atoms with Crippen LogP contribution in [0.2, 0.25) is 0 Å². The van der Waals surface area contributed by atoms with Crippen molar-refractivity contribution in [3.8, 4) is 0 Å². The van der Waals surface area contributed by atoms with Gasteiger partial charge in [-0.1, -0.05) is 0 Å². The van der Waals surface area contributed by atoms with Crippen molar-refractivity contribution < 1.29 is 0 Å². The van der Waals surface area contributed by atoms with Gasteiger partial charge in [-0.2, -0.15) is 9.36 Å². The van der Waals surface area contributed by atoms with E-state index in [0.717, 1.165) is 24.6 Å². The summed E-state index contributed by atoms with van der Waals surface area (Å²) in [6.45, 7) is 1.95. The van der Waals surface area contributed by atoms with Gasteiger partial charge in [0.25, 0.3) is 0 Å². The van der Waals surface area contributed by atoms with Crippen molar-refractivity contribution in [1.29, 1.82) is 0 Å². The minimum atomic E-state index is 0.381. The van der Waals surface area contributed by atoms with E-state index in [4.69, 9.17) is 5.73 Å². The molecule has 0 saturated carbocycles. The van der Waals surface area contributed by atoms with Gasteiger partial charge in [-0.25, -0.2) is 0 Å². The fraction of sp³-hybridized carbons (Fsp3) is 0.333. The molecule has 3 heterocycles. The maximum Gasteiger partial charge on any atom is 0.233 e. The predicted molar refractivity (Wildman–Crippen MR) is 63.4 cm³/mol. The summed E-state index contributed by atoms with van der Waals surface area (Å²) in [5.41, 5.74) is 6.94. The van der Waals surface area contributed by atoms with Crippen molar-refractivity contribution >= 4 is 33.9 Å². The van der Waals surface area contributed by atoms with Gasteiger partial charge in [0, 0.05) is 29.5 Å². The molecule has 0 atom stereocenters. The second-order valence-corrected chi connectivity index (χ2v) is 5.21. The predicted octanol–water partition coefficient (Wildman–Crippen LogP) is 1.74. The van der Waals surface area contributed by atoms with Crippen LogP contribution in [0.1, 0.15) is 10.4 Å². The van der Waals surface area contributed by atoms with Gasteiger partial charge in [-0.3, -0.25) is 0 Å². The van der Waals surface area contributed by atoms with Crippen molar-refractivity contribution in [3.05, 3.63) is 21.9 Å². The van der Waals surface area contributed by atoms with E-state index >= 15 is 0 Å². The molecule has 6 heteroatoms. The molecule has 0 radical (unpaired) electrons. The first-order valence-corrected chi connectivity index (χ1v) is 6.37. The lowest BCUT2D eigenvalue weighted by atomic mass is 10.1. The van der Waals surface area contributed by atoms with Gasteiger partial charge >= 0.3 is 0 Å². The number of nitrogens with two attached hydrogens (primary N) is 1. The SMILES string of the molecule is Nc1nsc(N2CCc3sccc3C2)n1. The average molecular weight is 238 g/mol. The third-order valence-corrected chi connectivity index (χ3v) is 4.32. The summed E-state index contributed by atoms with van der Waals surface area (Å²) in [6.07, 6.45) is 1.10. The van der Waals surface area contributed by atoms with E-state index in [1.54, 1.807) is 0 Å². The van der Waals surface area contributed by atoms with Crippen LogP contribution < -0.4 is 10.6 Å². The smallest absolute Gasteiger partial charge is 0.233 e. The van der Waals surface area contributed by atoms with Crippen LogP contribution in [0.3, 0.4) is 0 Å². The molecular formula is C9H10N4S2. The number of hydrogen-bond acceptors (Lipinski definition) is 6. The quantitative estimate of drug-likeness (QED) is 0.822. The first-order chi connectivity index (χ1) is 7.33. The summed E-state index contributed by atoms with van der Waals surface area (Å²) < 4.78 is 4.00. The minimum Gasteiger partial charge on any atom is -0.367 e. The van der Waals surface area contributed by atoms with Crippen LogP contribution in [0.15, 0.2) is 11.4 Å². The molecule has 0 amide bonds. The maximum absolute atomic E-state index is 5.52. The highest BCUT2D eigenvalue weighted by Crippen LogP contribution is 2.28. The molecule has 15 heavy (non-hydrogen) atoms. The summed E-state index contributed by atoms with van der Waals surface area (Å²) in [6, 6.07) is 2.19. The van der Waals surface area contributed by atoms with Gasteiger partial charge in [0.05, 0.1) is 0 Å². The Balaban J connectivity index is 1.87. The first kappa shape index (κ1) is 9.11. The Hall–Kier alpha value is -1.14. The lowest BCUT2D eigenvalue weighted by molar-refractivity contribution is 0.741. The Morgan fingerprint density at radius 1 is 1.47 bits per heavy atom. The Morgan fingerprint density at radius 3 is 3.20 bits per heavy atom. The summed E-state index contributed by atoms with van der Waals surface area (Å²) >= 11 is 3.22. The van der Waals surface area contributed by atoms with Crippen LogP contribution in [0, 0.1) is 0 Å². The van der Waals surface area contributed by atoms with Crippen molar-refractivity contribution in [3.63, 3.8) is 0 Å². The number of nitrogens with zero attached hydrogens (tertiary/aromatic N) is 3. The Labute approximate surface area is 95.5 Å². The Kier molecular flexibility index (Phi) is 2.10. The number of nitrogen functional groups attached to an aromatic ring is 1. The molecule has 0 fully saturated rings. The van der Waals surface area contributed by atoms with Crippen LogP contribution in [-0.2, 0) is 13.0 Å². The molecule has 2 aromatic heterocycles. The van der Waals surface area contributed by atoms with Gasteiger partial charge in [0.15, 0.2) is 0 Å². The van der Waals surface area contributed by atoms with Gasteiger partial charge in [0.1, 0.15) is 0 Å². The van der Waals surface area contributed by atoms with Gasteiger partial charge in [-0.05, 0) is 23.4 Å². The molecule has 0 bridgehead atoms. The summed E-state index contributed by atoms with van der Waals surface area (Å²) in [5, 5.41) is 3.09. The molecule has 0 aliphatic carbocycles. The fourth-order valence-electron chi connectivity index (χ4n) is 1.77. The van der Waals surface area contributed by atoms with E-state index in [-0.39, 0.29) is 0 Å². The standard InChI is InChI=1S/C9H10N4S2/c10-8-11-9(15-12-8)13-3-1-7-6(5-13)2-4-14-7/h2,4H,1,3,5H2,(H2,10,12). The second-order valence-electron chi connectivity index (χ2n) is 3.48. The van der Waals surface area contributed by atoms with E-state index in [1.807, 2.05) is 11.3 Å². The highest BCUT2D eigenvalue weighted by atomic mass is 32.1. The van der Waals surface area contributed by atoms with E-state index in [1.165, 1.54) is 22.0 Å². The van der Waals surface area contributed by atoms with Crippen LogP contribution in [-0.4, -0.2) is 15.9 Å². The molecule has 3 rings (SSSR count). The molecule has 0 spiro atoms. The van der Waals surface area contributed by atoms with E-state index in [9.17, 15) is 0 Å². The summed E-state index contributed by atoms with van der Waals surface area (Å²) in [5.74, 6) is 0.381. The van der Waals surface area contributed by atoms with Crippen molar-refractivity contribution in [2.45, 2.75) is 13.0 Å². The normalized spacial score (nSPS) is 15.3. The number of anilines is 2. The minimum absolute atomic E-state index is 0.381. The molecule has 0 saturated heterocycles. The van der Waals surface area contributed by atoms with Gasteiger partial charge in [0.2, 0.25) is 11.1 Å². The number of aromatic nitrogens is 2. The molecule has 1 aliphatic rings. The monoisotopic (exact) mass is 238 g/mol. The topological polar surface area (TPSA) is 55.0 Å². The number of rotatable bonds is 1. The van der Waals surface area contributed by atoms with Gasteiger partial charge < -0.3 is 10.6 Å². The largest absolute Gasteiger partial charge is 0.367 e. The third-order valence-electron chi connectivity index (χ3n) is 2.51. The van der Waals surface area contributed by atoms with Crippen LogP contribution >= 0.6 is 22.9 Å². The van der Waals surface area contributed by atoms with Gasteiger partial charge in [-0.15, -0.1) is 11.3 Å². The Bertz CT molecular complexity index is 476. The summed E-state index contributed by atoms with van der Waals surface area (Å²) in [4.78, 5) is 7.95. The Morgan fingerprint density at radius 2 is 2.40 bits per heavy atom. The lowest BCUT2D eigenvalue weighted by Crippen LogP contribution is -2.29. The van der Waals surface area contributed by atoms with E-state index < -0.39 is 0 Å². The molecule has 2 N–H and O–H groups in total. The second kappa shape index (κ2) is 3.46. The van der Waals surface area contributed by atoms with Crippen molar-refractivity contribution in [2.24, 2.45) is 0 Å². The third kappa shape index (κ3) is 1.59. The molecule has 0 unspecified atom stereocenters. The fourth-order valence-corrected chi connectivity index (χ4v) is 3.28. The molecule has 4 nitrogen and oxygen atoms in total. The van der Waals surface area contributed by atoms with Crippen LogP contribution in [0.5, 0.6) is 0 Å². The van der Waals surface area contributed by atoms with Crippen molar-refractivity contribution in [1.82, 2.24) is 9.36 Å². The zero-order valence-corrected chi connectivity index (χ0v) is 9.64. The highest BCUT2D eigenvalue weighted by molar-refractivity contribution is 7.10. The first-order valence-electron chi connectivity index (χ1n) is 4.72. The van der Waals surface area contributed by atoms with Crippen LogP contribution in [0.4, 0.5) is 11.1 Å². The lowest BCUT2D eigenvalue weighted by Gasteiger charge is -2.25. The number of thiophene rings is 1. The summed E-state index contributed by atoms with van der Waals surface area (Å²) in [7, 11) is 0. The molecule has 78 valence electrons. The number of hydrogen-bond donors (Lipinski definition) is 1. The van der Waals surface area contributed by atoms with E-state index in [0.29, 0.717) is 5.95 Å². The zero-order valence-electron chi connectivity index (χ0n) is 8.01. The average Bonchev–Trinajstić information content (AvgIpc) is 2.84. The van der Waals surface area contributed by atoms with Crippen LogP contribution in [0.25, 0.3) is 0 Å². The molecule has 1 aliphatic heterocycles. The molecular weight excluding hydrogens is 228 g/mol. The van der Waals surface area contributed by atoms with Crippen molar-refractivity contribution in [2.75, 3.05) is 17.2 Å². The molecule has 2 aromatic rings. The zero-order chi connectivity index (χ0) is 10.3. The maximum atomic E-state index is 5.52. The molecule has 0 aromatic carbocycles.